The molecular weight excluding hydrogens is 246 g/mol. The molecule has 94 valence electrons. The smallest absolute Gasteiger partial charge is 0.257 e. The van der Waals surface area contributed by atoms with E-state index in [4.69, 9.17) is 0 Å². The third kappa shape index (κ3) is 2.73. The van der Waals surface area contributed by atoms with Crippen LogP contribution in [0.15, 0.2) is 29.2 Å². The number of carbonyl (C=O) groups is 1. The van der Waals surface area contributed by atoms with E-state index in [9.17, 15) is 4.79 Å². The first-order valence-electron chi connectivity index (χ1n) is 5.58. The van der Waals surface area contributed by atoms with E-state index in [0.717, 1.165) is 16.2 Å². The molecule has 0 saturated carbocycles. The highest BCUT2D eigenvalue weighted by Gasteiger charge is 2.11. The summed E-state index contributed by atoms with van der Waals surface area (Å²) in [6, 6.07) is 7.66. The lowest BCUT2D eigenvalue weighted by molar-refractivity contribution is 0.102. The Kier molecular flexibility index (Phi) is 3.72. The van der Waals surface area contributed by atoms with Crippen LogP contribution in [0.2, 0.25) is 0 Å². The van der Waals surface area contributed by atoms with Crippen LogP contribution in [-0.2, 0) is 0 Å². The highest BCUT2D eigenvalue weighted by molar-refractivity contribution is 7.98. The van der Waals surface area contributed by atoms with Crippen LogP contribution in [0.1, 0.15) is 21.6 Å². The van der Waals surface area contributed by atoms with Gasteiger partial charge in [0.2, 0.25) is 0 Å². The molecule has 5 heteroatoms. The molecule has 2 rings (SSSR count). The van der Waals surface area contributed by atoms with E-state index in [1.807, 2.05) is 38.3 Å². The highest BCUT2D eigenvalue weighted by Crippen LogP contribution is 2.20. The number of aromatic amines is 1. The van der Waals surface area contributed by atoms with Gasteiger partial charge < -0.3 is 5.32 Å². The number of amides is 1. The molecule has 1 heterocycles. The normalized spacial score (nSPS) is 10.4. The molecule has 2 aromatic rings. The summed E-state index contributed by atoms with van der Waals surface area (Å²) in [5.41, 5.74) is 2.56. The van der Waals surface area contributed by atoms with E-state index in [1.165, 1.54) is 0 Å². The minimum absolute atomic E-state index is 0.130. The summed E-state index contributed by atoms with van der Waals surface area (Å²) in [6.45, 7) is 3.82. The highest BCUT2D eigenvalue weighted by atomic mass is 32.2. The molecule has 0 bridgehead atoms. The third-order valence-electron chi connectivity index (χ3n) is 2.64. The van der Waals surface area contributed by atoms with Crippen LogP contribution in [0.25, 0.3) is 0 Å². The number of aryl methyl sites for hydroxylation is 2. The zero-order valence-electron chi connectivity index (χ0n) is 10.6. The van der Waals surface area contributed by atoms with Gasteiger partial charge in [0.25, 0.3) is 5.91 Å². The maximum atomic E-state index is 12.1. The van der Waals surface area contributed by atoms with E-state index in [1.54, 1.807) is 17.8 Å². The second kappa shape index (κ2) is 5.27. The third-order valence-corrected chi connectivity index (χ3v) is 3.36. The molecule has 0 aliphatic carbocycles. The summed E-state index contributed by atoms with van der Waals surface area (Å²) in [5.74, 6) is 0.418. The van der Waals surface area contributed by atoms with E-state index in [2.05, 4.69) is 15.5 Å². The molecule has 0 fully saturated rings. The Morgan fingerprint density at radius 1 is 1.33 bits per heavy atom. The Morgan fingerprint density at radius 2 is 2.11 bits per heavy atom. The van der Waals surface area contributed by atoms with Crippen LogP contribution in [-0.4, -0.2) is 22.4 Å². The Hall–Kier alpha value is -1.75. The molecule has 1 aromatic heterocycles. The molecule has 0 saturated heterocycles. The van der Waals surface area contributed by atoms with Gasteiger partial charge in [-0.05, 0) is 37.8 Å². The van der Waals surface area contributed by atoms with Gasteiger partial charge in [0.05, 0.1) is 0 Å². The predicted octanol–water partition coefficient (Wildman–Crippen LogP) is 3.00. The molecule has 0 spiro atoms. The molecule has 0 aliphatic heterocycles. The van der Waals surface area contributed by atoms with Crippen LogP contribution >= 0.6 is 11.8 Å². The van der Waals surface area contributed by atoms with Crippen molar-refractivity contribution in [3.63, 3.8) is 0 Å². The van der Waals surface area contributed by atoms with Gasteiger partial charge >= 0.3 is 0 Å². The number of thioether (sulfide) groups is 1. The molecule has 1 amide bonds. The first-order valence-corrected chi connectivity index (χ1v) is 6.80. The zero-order valence-corrected chi connectivity index (χ0v) is 11.4. The van der Waals surface area contributed by atoms with Crippen molar-refractivity contribution in [2.45, 2.75) is 18.7 Å². The van der Waals surface area contributed by atoms with Crippen molar-refractivity contribution in [3.8, 4) is 0 Å². The minimum atomic E-state index is -0.130. The summed E-state index contributed by atoms with van der Waals surface area (Å²) in [4.78, 5) is 13.2. The van der Waals surface area contributed by atoms with Crippen molar-refractivity contribution in [1.82, 2.24) is 10.2 Å². The number of carbonyl (C=O) groups excluding carboxylic acids is 1. The van der Waals surface area contributed by atoms with Gasteiger partial charge in [-0.2, -0.15) is 5.10 Å². The average Bonchev–Trinajstić information content (AvgIpc) is 2.75. The topological polar surface area (TPSA) is 57.8 Å². The lowest BCUT2D eigenvalue weighted by Crippen LogP contribution is -2.13. The van der Waals surface area contributed by atoms with Gasteiger partial charge in [-0.1, -0.05) is 6.07 Å². The number of rotatable bonds is 3. The van der Waals surface area contributed by atoms with Gasteiger partial charge in [0, 0.05) is 22.2 Å². The van der Waals surface area contributed by atoms with Gasteiger partial charge in [-0.15, -0.1) is 11.8 Å². The minimum Gasteiger partial charge on any atom is -0.305 e. The number of hydrogen-bond donors (Lipinski definition) is 2. The Balaban J connectivity index is 2.23. The van der Waals surface area contributed by atoms with Crippen molar-refractivity contribution in [3.05, 3.63) is 41.1 Å². The van der Waals surface area contributed by atoms with Gasteiger partial charge in [0.15, 0.2) is 5.82 Å². The maximum Gasteiger partial charge on any atom is 0.257 e. The maximum absolute atomic E-state index is 12.1. The summed E-state index contributed by atoms with van der Waals surface area (Å²) < 4.78 is 0. The van der Waals surface area contributed by atoms with Crippen molar-refractivity contribution in [1.29, 1.82) is 0 Å². The Morgan fingerprint density at radius 3 is 2.72 bits per heavy atom. The standard InChI is InChI=1S/C13H15N3OS/c1-8-4-5-10(18-3)7-11(8)13(17)14-12-6-9(2)15-16-12/h4-7H,1-3H3,(H2,14,15,16,17). The molecule has 0 unspecified atom stereocenters. The summed E-state index contributed by atoms with van der Waals surface area (Å²) in [5, 5.41) is 9.57. The van der Waals surface area contributed by atoms with Crippen molar-refractivity contribution in [2.75, 3.05) is 11.6 Å². The van der Waals surface area contributed by atoms with E-state index in [-0.39, 0.29) is 5.91 Å². The van der Waals surface area contributed by atoms with Crippen LogP contribution < -0.4 is 5.32 Å². The SMILES string of the molecule is CSc1ccc(C)c(C(=O)Nc2cc(C)[nH]n2)c1. The monoisotopic (exact) mass is 261 g/mol. The van der Waals surface area contributed by atoms with Gasteiger partial charge in [0.1, 0.15) is 0 Å². The van der Waals surface area contributed by atoms with Crippen LogP contribution in [0.3, 0.4) is 0 Å². The van der Waals surface area contributed by atoms with Crippen LogP contribution in [0.4, 0.5) is 5.82 Å². The van der Waals surface area contributed by atoms with E-state index in [0.29, 0.717) is 11.4 Å². The molecule has 0 radical (unpaired) electrons. The van der Waals surface area contributed by atoms with Crippen molar-refractivity contribution < 1.29 is 4.79 Å². The quantitative estimate of drug-likeness (QED) is 0.835. The molecular formula is C13H15N3OS. The lowest BCUT2D eigenvalue weighted by atomic mass is 10.1. The average molecular weight is 261 g/mol. The first kappa shape index (κ1) is 12.7. The second-order valence-corrected chi connectivity index (χ2v) is 4.95. The molecule has 18 heavy (non-hydrogen) atoms. The fourth-order valence-corrected chi connectivity index (χ4v) is 2.08. The number of H-pyrrole nitrogens is 1. The fraction of sp³-hybridized carbons (Fsp3) is 0.231. The fourth-order valence-electron chi connectivity index (χ4n) is 1.64. The van der Waals surface area contributed by atoms with Crippen molar-refractivity contribution >= 4 is 23.5 Å². The van der Waals surface area contributed by atoms with Crippen LogP contribution in [0, 0.1) is 13.8 Å². The molecule has 4 nitrogen and oxygen atoms in total. The number of nitrogens with one attached hydrogen (secondary N) is 2. The zero-order chi connectivity index (χ0) is 13.1. The number of anilines is 1. The predicted molar refractivity (Wildman–Crippen MR) is 74.2 cm³/mol. The summed E-state index contributed by atoms with van der Waals surface area (Å²) >= 11 is 1.62. The molecule has 1 aromatic carbocycles. The summed E-state index contributed by atoms with van der Waals surface area (Å²) in [7, 11) is 0. The van der Waals surface area contributed by atoms with Gasteiger partial charge in [-0.3, -0.25) is 9.89 Å². The van der Waals surface area contributed by atoms with Crippen LogP contribution in [0.5, 0.6) is 0 Å². The van der Waals surface area contributed by atoms with Crippen molar-refractivity contribution in [2.24, 2.45) is 0 Å². The Bertz CT molecular complexity index is 577. The lowest BCUT2D eigenvalue weighted by Gasteiger charge is -2.07. The first-order chi connectivity index (χ1) is 8.60. The molecule has 0 atom stereocenters. The number of aromatic nitrogens is 2. The van der Waals surface area contributed by atoms with E-state index >= 15 is 0 Å². The molecule has 2 N–H and O–H groups in total. The Labute approximate surface area is 110 Å². The summed E-state index contributed by atoms with van der Waals surface area (Å²) in [6.07, 6.45) is 1.99. The number of benzene rings is 1. The number of hydrogen-bond acceptors (Lipinski definition) is 3. The molecule has 0 aliphatic rings. The number of nitrogens with zero attached hydrogens (tertiary/aromatic N) is 1. The largest absolute Gasteiger partial charge is 0.305 e. The second-order valence-electron chi connectivity index (χ2n) is 4.07. The van der Waals surface area contributed by atoms with E-state index < -0.39 is 0 Å². The van der Waals surface area contributed by atoms with Gasteiger partial charge in [-0.25, -0.2) is 0 Å².